The molecule has 1 rings (SSSR count). The molecule has 2 atom stereocenters. The predicted octanol–water partition coefficient (Wildman–Crippen LogP) is 2.30. The first-order valence-electron chi connectivity index (χ1n) is 6.88. The highest BCUT2D eigenvalue weighted by Crippen LogP contribution is 2.21. The first-order chi connectivity index (χ1) is 8.81. The third-order valence-corrected chi connectivity index (χ3v) is 3.22. The first-order valence-corrected chi connectivity index (χ1v) is 6.88. The smallest absolute Gasteiger partial charge is 0.330 e. The van der Waals surface area contributed by atoms with Crippen molar-refractivity contribution in [2.45, 2.75) is 53.4 Å². The molecule has 1 heterocycles. The van der Waals surface area contributed by atoms with E-state index in [1.807, 2.05) is 0 Å². The van der Waals surface area contributed by atoms with Crippen molar-refractivity contribution < 1.29 is 19.2 Å². The van der Waals surface area contributed by atoms with Gasteiger partial charge >= 0.3 is 5.97 Å². The maximum atomic E-state index is 11.8. The number of rotatable bonds is 6. The molecule has 5 heteroatoms. The van der Waals surface area contributed by atoms with Gasteiger partial charge in [-0.3, -0.25) is 9.59 Å². The molecule has 19 heavy (non-hydrogen) atoms. The second-order valence-corrected chi connectivity index (χ2v) is 5.86. The molecule has 0 aromatic heterocycles. The average Bonchev–Trinajstić information content (AvgIpc) is 2.59. The summed E-state index contributed by atoms with van der Waals surface area (Å²) in [5, 5.41) is 0.617. The van der Waals surface area contributed by atoms with Crippen LogP contribution in [0.15, 0.2) is 0 Å². The molecule has 0 radical (unpaired) electrons. The van der Waals surface area contributed by atoms with Crippen LogP contribution in [-0.4, -0.2) is 22.8 Å². The Kier molecular flexibility index (Phi) is 5.51. The van der Waals surface area contributed by atoms with Gasteiger partial charge in [0.05, 0.1) is 5.92 Å². The van der Waals surface area contributed by atoms with Gasteiger partial charge in [0, 0.05) is 12.8 Å². The minimum atomic E-state index is -0.501. The molecule has 1 fully saturated rings. The molecule has 1 saturated heterocycles. The van der Waals surface area contributed by atoms with Gasteiger partial charge in [0.1, 0.15) is 0 Å². The van der Waals surface area contributed by atoms with Crippen LogP contribution in [-0.2, 0) is 19.2 Å². The molecule has 2 unspecified atom stereocenters. The number of hydrogen-bond donors (Lipinski definition) is 0. The normalized spacial score (nSPS) is 18.9. The van der Waals surface area contributed by atoms with E-state index >= 15 is 0 Å². The van der Waals surface area contributed by atoms with Gasteiger partial charge in [0.15, 0.2) is 0 Å². The zero-order chi connectivity index (χ0) is 14.6. The molecule has 0 N–H and O–H groups in total. The number of nitrogens with zero attached hydrogens (tertiary/aromatic N) is 1. The Bertz CT molecular complexity index is 348. The van der Waals surface area contributed by atoms with E-state index in [1.165, 1.54) is 0 Å². The average molecular weight is 269 g/mol. The van der Waals surface area contributed by atoms with Gasteiger partial charge in [0.2, 0.25) is 0 Å². The molecule has 0 spiro atoms. The second kappa shape index (κ2) is 6.68. The van der Waals surface area contributed by atoms with Crippen molar-refractivity contribution in [3.05, 3.63) is 0 Å². The minimum Gasteiger partial charge on any atom is -0.330 e. The highest BCUT2D eigenvalue weighted by molar-refractivity contribution is 6.01. The van der Waals surface area contributed by atoms with Crippen LogP contribution in [0.5, 0.6) is 0 Å². The van der Waals surface area contributed by atoms with Crippen molar-refractivity contribution in [1.29, 1.82) is 0 Å². The number of carbonyl (C=O) groups is 3. The summed E-state index contributed by atoms with van der Waals surface area (Å²) in [5.74, 6) is -0.678. The highest BCUT2D eigenvalue weighted by atomic mass is 16.7. The Morgan fingerprint density at radius 3 is 2.11 bits per heavy atom. The summed E-state index contributed by atoms with van der Waals surface area (Å²) in [6, 6.07) is 0. The van der Waals surface area contributed by atoms with Crippen LogP contribution in [0.2, 0.25) is 0 Å². The van der Waals surface area contributed by atoms with E-state index in [2.05, 4.69) is 20.8 Å². The molecule has 1 aliphatic rings. The SMILES string of the molecule is CC(C)CC(C)CC(C)C(=O)ON1C(=O)CCC1=O. The summed E-state index contributed by atoms with van der Waals surface area (Å²) in [4.78, 5) is 39.4. The van der Waals surface area contributed by atoms with Crippen LogP contribution in [0.4, 0.5) is 0 Å². The van der Waals surface area contributed by atoms with Gasteiger partial charge in [-0.15, -0.1) is 5.06 Å². The summed E-state index contributed by atoms with van der Waals surface area (Å²) >= 11 is 0. The lowest BCUT2D eigenvalue weighted by Crippen LogP contribution is -2.34. The summed E-state index contributed by atoms with van der Waals surface area (Å²) in [5.41, 5.74) is 0. The van der Waals surface area contributed by atoms with Crippen molar-refractivity contribution in [3.63, 3.8) is 0 Å². The lowest BCUT2D eigenvalue weighted by atomic mass is 9.90. The molecule has 0 bridgehead atoms. The molecular formula is C14H23NO4. The van der Waals surface area contributed by atoms with Gasteiger partial charge in [-0.05, 0) is 24.7 Å². The molecular weight excluding hydrogens is 246 g/mol. The minimum absolute atomic E-state index is 0.129. The van der Waals surface area contributed by atoms with Gasteiger partial charge < -0.3 is 4.84 Å². The predicted molar refractivity (Wildman–Crippen MR) is 69.6 cm³/mol. The molecule has 108 valence electrons. The lowest BCUT2D eigenvalue weighted by molar-refractivity contribution is -0.200. The van der Waals surface area contributed by atoms with Crippen LogP contribution in [0.25, 0.3) is 0 Å². The highest BCUT2D eigenvalue weighted by Gasteiger charge is 2.34. The monoisotopic (exact) mass is 269 g/mol. The number of imide groups is 1. The van der Waals surface area contributed by atoms with E-state index in [-0.39, 0.29) is 18.8 Å². The van der Waals surface area contributed by atoms with E-state index in [0.29, 0.717) is 23.3 Å². The number of hydroxylamine groups is 2. The standard InChI is InChI=1S/C14H23NO4/c1-9(2)7-10(3)8-11(4)14(18)19-15-12(16)5-6-13(15)17/h9-11H,5-8H2,1-4H3. The zero-order valence-electron chi connectivity index (χ0n) is 12.1. The number of hydrogen-bond acceptors (Lipinski definition) is 4. The van der Waals surface area contributed by atoms with Crippen molar-refractivity contribution in [2.24, 2.45) is 17.8 Å². The molecule has 2 amide bonds. The molecule has 0 saturated carbocycles. The van der Waals surface area contributed by atoms with Crippen LogP contribution in [0, 0.1) is 17.8 Å². The van der Waals surface area contributed by atoms with Gasteiger partial charge in [-0.25, -0.2) is 4.79 Å². The summed E-state index contributed by atoms with van der Waals surface area (Å²) < 4.78 is 0. The van der Waals surface area contributed by atoms with Gasteiger partial charge in [-0.1, -0.05) is 27.7 Å². The summed E-state index contributed by atoms with van der Waals surface area (Å²) in [6.45, 7) is 8.14. The Morgan fingerprint density at radius 1 is 1.11 bits per heavy atom. The topological polar surface area (TPSA) is 63.7 Å². The molecule has 0 aliphatic carbocycles. The third-order valence-electron chi connectivity index (χ3n) is 3.22. The summed E-state index contributed by atoms with van der Waals surface area (Å²) in [6.07, 6.45) is 2.00. The van der Waals surface area contributed by atoms with Crippen LogP contribution < -0.4 is 0 Å². The largest absolute Gasteiger partial charge is 0.335 e. The summed E-state index contributed by atoms with van der Waals surface area (Å²) in [7, 11) is 0. The number of amides is 2. The maximum absolute atomic E-state index is 11.8. The Hall–Kier alpha value is -1.39. The third kappa shape index (κ3) is 4.65. The fourth-order valence-electron chi connectivity index (χ4n) is 2.44. The second-order valence-electron chi connectivity index (χ2n) is 5.86. The lowest BCUT2D eigenvalue weighted by Gasteiger charge is -2.19. The van der Waals surface area contributed by atoms with Crippen molar-refractivity contribution in [3.8, 4) is 0 Å². The van der Waals surface area contributed by atoms with Crippen molar-refractivity contribution in [2.75, 3.05) is 0 Å². The fourth-order valence-corrected chi connectivity index (χ4v) is 2.44. The fraction of sp³-hybridized carbons (Fsp3) is 0.786. The molecule has 5 nitrogen and oxygen atoms in total. The van der Waals surface area contributed by atoms with E-state index < -0.39 is 17.8 Å². The van der Waals surface area contributed by atoms with E-state index in [1.54, 1.807) is 6.92 Å². The van der Waals surface area contributed by atoms with Gasteiger partial charge in [-0.2, -0.15) is 0 Å². The van der Waals surface area contributed by atoms with E-state index in [4.69, 9.17) is 4.84 Å². The maximum Gasteiger partial charge on any atom is 0.335 e. The quantitative estimate of drug-likeness (QED) is 0.694. The Balaban J connectivity index is 2.44. The van der Waals surface area contributed by atoms with Crippen molar-refractivity contribution >= 4 is 17.8 Å². The first kappa shape index (κ1) is 15.7. The molecule has 1 aliphatic heterocycles. The molecule has 0 aromatic rings. The van der Waals surface area contributed by atoms with E-state index in [9.17, 15) is 14.4 Å². The zero-order valence-corrected chi connectivity index (χ0v) is 12.1. The van der Waals surface area contributed by atoms with E-state index in [0.717, 1.165) is 6.42 Å². The van der Waals surface area contributed by atoms with Crippen molar-refractivity contribution in [1.82, 2.24) is 5.06 Å². The molecule has 0 aromatic carbocycles. The number of carbonyl (C=O) groups excluding carboxylic acids is 3. The Morgan fingerprint density at radius 2 is 1.63 bits per heavy atom. The van der Waals surface area contributed by atoms with Crippen LogP contribution in [0.1, 0.15) is 53.4 Å². The van der Waals surface area contributed by atoms with Gasteiger partial charge in [0.25, 0.3) is 11.8 Å². The van der Waals surface area contributed by atoms with Crippen LogP contribution >= 0.6 is 0 Å². The Labute approximate surface area is 114 Å². The van der Waals surface area contributed by atoms with Crippen LogP contribution in [0.3, 0.4) is 0 Å².